The third-order valence-corrected chi connectivity index (χ3v) is 7.21. The van der Waals surface area contributed by atoms with E-state index in [0.29, 0.717) is 37.4 Å². The summed E-state index contributed by atoms with van der Waals surface area (Å²) >= 11 is 0. The molecule has 1 saturated heterocycles. The van der Waals surface area contributed by atoms with Gasteiger partial charge in [0.1, 0.15) is 5.75 Å². The van der Waals surface area contributed by atoms with E-state index in [4.69, 9.17) is 9.47 Å². The standard InChI is InChI=1S/C23H28N2O6S/c1-3-31-22(26)15-17-6-8-19(9-7-17)24-23(27)18-5-4-14-25(16-18)32(28,29)21-12-10-20(30-2)11-13-21/h6-13,18H,3-5,14-16H2,1-2H3,(H,24,27)/t18-/m0/s1. The molecular weight excluding hydrogens is 432 g/mol. The number of nitrogens with one attached hydrogen (secondary N) is 1. The highest BCUT2D eigenvalue weighted by Gasteiger charge is 2.33. The molecule has 1 heterocycles. The van der Waals surface area contributed by atoms with Crippen LogP contribution in [0.15, 0.2) is 53.4 Å². The topological polar surface area (TPSA) is 102 Å². The van der Waals surface area contributed by atoms with Crippen molar-refractivity contribution < 1.29 is 27.5 Å². The first-order chi connectivity index (χ1) is 15.3. The van der Waals surface area contributed by atoms with Gasteiger partial charge in [-0.25, -0.2) is 8.42 Å². The Morgan fingerprint density at radius 1 is 1.09 bits per heavy atom. The Morgan fingerprint density at radius 2 is 1.78 bits per heavy atom. The predicted octanol–water partition coefficient (Wildman–Crippen LogP) is 2.84. The lowest BCUT2D eigenvalue weighted by molar-refractivity contribution is -0.142. The molecule has 0 radical (unpaired) electrons. The minimum absolute atomic E-state index is 0.126. The van der Waals surface area contributed by atoms with E-state index in [9.17, 15) is 18.0 Å². The average Bonchev–Trinajstić information content (AvgIpc) is 2.80. The number of hydrogen-bond donors (Lipinski definition) is 1. The lowest BCUT2D eigenvalue weighted by atomic mass is 9.98. The molecule has 9 heteroatoms. The summed E-state index contributed by atoms with van der Waals surface area (Å²) in [6.07, 6.45) is 1.39. The lowest BCUT2D eigenvalue weighted by Crippen LogP contribution is -2.43. The molecule has 2 aromatic rings. The van der Waals surface area contributed by atoms with E-state index in [2.05, 4.69) is 5.32 Å². The van der Waals surface area contributed by atoms with Gasteiger partial charge in [0.15, 0.2) is 0 Å². The summed E-state index contributed by atoms with van der Waals surface area (Å²) < 4.78 is 37.4. The number of anilines is 1. The number of amides is 1. The van der Waals surface area contributed by atoms with Crippen LogP contribution in [0.5, 0.6) is 5.75 Å². The smallest absolute Gasteiger partial charge is 0.310 e. The predicted molar refractivity (Wildman–Crippen MR) is 120 cm³/mol. The SMILES string of the molecule is CCOC(=O)Cc1ccc(NC(=O)[C@H]2CCCN(S(=O)(=O)c3ccc(OC)cc3)C2)cc1. The second-order valence-corrected chi connectivity index (χ2v) is 9.48. The molecule has 3 rings (SSSR count). The molecule has 1 N–H and O–H groups in total. The Bertz CT molecular complexity index is 1040. The van der Waals surface area contributed by atoms with E-state index >= 15 is 0 Å². The Hall–Kier alpha value is -2.91. The Kier molecular flexibility index (Phi) is 7.87. The van der Waals surface area contributed by atoms with Crippen molar-refractivity contribution in [2.75, 3.05) is 32.1 Å². The highest BCUT2D eigenvalue weighted by Crippen LogP contribution is 2.26. The van der Waals surface area contributed by atoms with Crippen molar-refractivity contribution in [3.8, 4) is 5.75 Å². The largest absolute Gasteiger partial charge is 0.497 e. The molecule has 32 heavy (non-hydrogen) atoms. The van der Waals surface area contributed by atoms with Crippen LogP contribution in [0, 0.1) is 5.92 Å². The van der Waals surface area contributed by atoms with Crippen molar-refractivity contribution in [3.05, 3.63) is 54.1 Å². The Balaban J connectivity index is 1.62. The normalized spacial score (nSPS) is 16.9. The van der Waals surface area contributed by atoms with Crippen LogP contribution in [0.1, 0.15) is 25.3 Å². The lowest BCUT2D eigenvalue weighted by Gasteiger charge is -2.31. The van der Waals surface area contributed by atoms with Gasteiger partial charge in [-0.15, -0.1) is 0 Å². The monoisotopic (exact) mass is 460 g/mol. The maximum Gasteiger partial charge on any atom is 0.310 e. The van der Waals surface area contributed by atoms with Crippen LogP contribution >= 0.6 is 0 Å². The molecule has 1 amide bonds. The van der Waals surface area contributed by atoms with E-state index in [0.717, 1.165) is 5.56 Å². The number of hydrogen-bond acceptors (Lipinski definition) is 6. The molecule has 1 fully saturated rings. The Morgan fingerprint density at radius 3 is 2.41 bits per heavy atom. The van der Waals surface area contributed by atoms with Gasteiger partial charge in [-0.2, -0.15) is 4.31 Å². The second-order valence-electron chi connectivity index (χ2n) is 7.55. The molecule has 2 aromatic carbocycles. The van der Waals surface area contributed by atoms with Gasteiger partial charge in [0.25, 0.3) is 0 Å². The van der Waals surface area contributed by atoms with Gasteiger partial charge in [-0.3, -0.25) is 9.59 Å². The van der Waals surface area contributed by atoms with Crippen molar-refractivity contribution >= 4 is 27.6 Å². The number of rotatable bonds is 8. The first-order valence-corrected chi connectivity index (χ1v) is 12.0. The molecule has 0 aromatic heterocycles. The summed E-state index contributed by atoms with van der Waals surface area (Å²) in [5.41, 5.74) is 1.38. The number of carbonyl (C=O) groups is 2. The Labute approximate surface area is 188 Å². The number of carbonyl (C=O) groups excluding carboxylic acids is 2. The molecule has 0 saturated carbocycles. The minimum atomic E-state index is -3.69. The average molecular weight is 461 g/mol. The van der Waals surface area contributed by atoms with Crippen molar-refractivity contribution in [2.45, 2.75) is 31.1 Å². The molecule has 0 spiro atoms. The van der Waals surface area contributed by atoms with E-state index in [1.165, 1.54) is 23.5 Å². The zero-order valence-electron chi connectivity index (χ0n) is 18.2. The van der Waals surface area contributed by atoms with E-state index in [-0.39, 0.29) is 29.7 Å². The first kappa shape index (κ1) is 23.7. The summed E-state index contributed by atoms with van der Waals surface area (Å²) in [4.78, 5) is 24.5. The van der Waals surface area contributed by atoms with Crippen LogP contribution in [0.25, 0.3) is 0 Å². The van der Waals surface area contributed by atoms with Gasteiger partial charge in [0.2, 0.25) is 15.9 Å². The fourth-order valence-corrected chi connectivity index (χ4v) is 5.12. The van der Waals surface area contributed by atoms with Crippen LogP contribution in [0.2, 0.25) is 0 Å². The molecule has 0 unspecified atom stereocenters. The molecule has 1 aliphatic rings. The number of esters is 1. The number of methoxy groups -OCH3 is 1. The number of benzene rings is 2. The first-order valence-electron chi connectivity index (χ1n) is 10.5. The van der Waals surface area contributed by atoms with Crippen molar-refractivity contribution in [2.24, 2.45) is 5.92 Å². The summed E-state index contributed by atoms with van der Waals surface area (Å²) in [6.45, 7) is 2.59. The van der Waals surface area contributed by atoms with Gasteiger partial charge < -0.3 is 14.8 Å². The summed E-state index contributed by atoms with van der Waals surface area (Å²) in [5, 5.41) is 2.85. The molecule has 0 bridgehead atoms. The van der Waals surface area contributed by atoms with Crippen molar-refractivity contribution in [1.82, 2.24) is 4.31 Å². The van der Waals surface area contributed by atoms with Crippen LogP contribution in [-0.4, -0.2) is 51.4 Å². The molecule has 0 aliphatic carbocycles. The minimum Gasteiger partial charge on any atom is -0.497 e. The highest BCUT2D eigenvalue weighted by atomic mass is 32.2. The fraction of sp³-hybridized carbons (Fsp3) is 0.391. The zero-order chi connectivity index (χ0) is 23.1. The van der Waals surface area contributed by atoms with Crippen LogP contribution < -0.4 is 10.1 Å². The van der Waals surface area contributed by atoms with E-state index in [1.807, 2.05) is 0 Å². The van der Waals surface area contributed by atoms with Gasteiger partial charge in [0.05, 0.1) is 31.0 Å². The van der Waals surface area contributed by atoms with Crippen LogP contribution in [-0.2, 0) is 30.8 Å². The second kappa shape index (κ2) is 10.6. The molecule has 8 nitrogen and oxygen atoms in total. The van der Waals surface area contributed by atoms with E-state index in [1.54, 1.807) is 43.3 Å². The van der Waals surface area contributed by atoms with Crippen LogP contribution in [0.3, 0.4) is 0 Å². The zero-order valence-corrected chi connectivity index (χ0v) is 19.1. The van der Waals surface area contributed by atoms with Gasteiger partial charge in [-0.1, -0.05) is 12.1 Å². The summed E-state index contributed by atoms with van der Waals surface area (Å²) in [5.74, 6) is -0.397. The van der Waals surface area contributed by atoms with Gasteiger partial charge in [-0.05, 0) is 61.7 Å². The van der Waals surface area contributed by atoms with Crippen LogP contribution in [0.4, 0.5) is 5.69 Å². The summed E-state index contributed by atoms with van der Waals surface area (Å²) in [7, 11) is -2.18. The fourth-order valence-electron chi connectivity index (χ4n) is 3.60. The third kappa shape index (κ3) is 5.86. The van der Waals surface area contributed by atoms with Crippen molar-refractivity contribution in [1.29, 1.82) is 0 Å². The molecule has 172 valence electrons. The number of ether oxygens (including phenoxy) is 2. The number of nitrogens with zero attached hydrogens (tertiary/aromatic N) is 1. The van der Waals surface area contributed by atoms with Gasteiger partial charge >= 0.3 is 5.97 Å². The summed E-state index contributed by atoms with van der Waals surface area (Å²) in [6, 6.07) is 13.2. The maximum atomic E-state index is 13.0. The maximum absolute atomic E-state index is 13.0. The third-order valence-electron chi connectivity index (χ3n) is 5.33. The number of piperidine rings is 1. The van der Waals surface area contributed by atoms with Gasteiger partial charge in [0, 0.05) is 18.8 Å². The molecule has 1 aliphatic heterocycles. The molecular formula is C23H28N2O6S. The number of sulfonamides is 1. The quantitative estimate of drug-likeness (QED) is 0.608. The van der Waals surface area contributed by atoms with E-state index < -0.39 is 15.9 Å². The molecule has 1 atom stereocenters. The highest BCUT2D eigenvalue weighted by molar-refractivity contribution is 7.89. The van der Waals surface area contributed by atoms with Crippen molar-refractivity contribution in [3.63, 3.8) is 0 Å².